The first-order valence-corrected chi connectivity index (χ1v) is 7.80. The van der Waals surface area contributed by atoms with Crippen molar-refractivity contribution in [3.05, 3.63) is 29.8 Å². The minimum atomic E-state index is 0.169. The van der Waals surface area contributed by atoms with Gasteiger partial charge in [0.25, 0.3) is 0 Å². The summed E-state index contributed by atoms with van der Waals surface area (Å²) in [4.78, 5) is 14.3. The number of carbonyl (C=O) groups is 1. The lowest BCUT2D eigenvalue weighted by Crippen LogP contribution is -2.45. The van der Waals surface area contributed by atoms with E-state index < -0.39 is 0 Å². The highest BCUT2D eigenvalue weighted by Crippen LogP contribution is 2.40. The van der Waals surface area contributed by atoms with Crippen molar-refractivity contribution in [1.82, 2.24) is 4.90 Å². The number of rotatable bonds is 2. The Bertz CT molecular complexity index is 499. The molecule has 1 N–H and O–H groups in total. The zero-order valence-electron chi connectivity index (χ0n) is 12.4. The number of phenols is 1. The van der Waals surface area contributed by atoms with Crippen LogP contribution < -0.4 is 0 Å². The summed E-state index contributed by atoms with van der Waals surface area (Å²) in [5.41, 5.74) is 1.30. The fraction of sp³-hybridized carbons (Fsp3) is 0.588. The summed E-state index contributed by atoms with van der Waals surface area (Å²) in [5, 5.41) is 9.47. The number of hydrogen-bond acceptors (Lipinski definition) is 3. The van der Waals surface area contributed by atoms with Crippen molar-refractivity contribution >= 4 is 5.91 Å². The zero-order chi connectivity index (χ0) is 14.7. The molecule has 0 saturated carbocycles. The van der Waals surface area contributed by atoms with Gasteiger partial charge in [-0.3, -0.25) is 4.79 Å². The molecule has 1 spiro atoms. The first-order valence-electron chi connectivity index (χ1n) is 7.80. The van der Waals surface area contributed by atoms with Crippen molar-refractivity contribution in [2.24, 2.45) is 5.41 Å². The summed E-state index contributed by atoms with van der Waals surface area (Å²) in [7, 11) is 0. The van der Waals surface area contributed by atoms with Crippen molar-refractivity contribution in [3.63, 3.8) is 0 Å². The highest BCUT2D eigenvalue weighted by molar-refractivity contribution is 5.79. The van der Waals surface area contributed by atoms with Crippen LogP contribution in [0.2, 0.25) is 0 Å². The fourth-order valence-corrected chi connectivity index (χ4v) is 3.49. The van der Waals surface area contributed by atoms with E-state index in [4.69, 9.17) is 4.74 Å². The Kier molecular flexibility index (Phi) is 4.15. The van der Waals surface area contributed by atoms with E-state index in [-0.39, 0.29) is 11.7 Å². The van der Waals surface area contributed by atoms with Crippen LogP contribution in [0.1, 0.15) is 31.2 Å². The molecule has 1 aromatic carbocycles. The van der Waals surface area contributed by atoms with Crippen LogP contribution >= 0.6 is 0 Å². The topological polar surface area (TPSA) is 49.8 Å². The van der Waals surface area contributed by atoms with Crippen molar-refractivity contribution in [2.75, 3.05) is 26.3 Å². The molecule has 3 rings (SSSR count). The van der Waals surface area contributed by atoms with Gasteiger partial charge in [-0.2, -0.15) is 0 Å². The Hall–Kier alpha value is -1.55. The normalized spacial score (nSPS) is 21.4. The second-order valence-corrected chi connectivity index (χ2v) is 6.34. The van der Waals surface area contributed by atoms with Crippen LogP contribution in [0.25, 0.3) is 0 Å². The molecule has 1 amide bonds. The summed E-state index contributed by atoms with van der Waals surface area (Å²) < 4.78 is 5.46. The van der Waals surface area contributed by atoms with E-state index in [1.165, 1.54) is 0 Å². The molecule has 0 aliphatic carbocycles. The first-order chi connectivity index (χ1) is 10.2. The molecule has 2 aliphatic heterocycles. The number of phenolic OH excluding ortho intramolecular Hbond substituents is 1. The van der Waals surface area contributed by atoms with E-state index >= 15 is 0 Å². The van der Waals surface area contributed by atoms with Crippen LogP contribution in [0.3, 0.4) is 0 Å². The molecule has 21 heavy (non-hydrogen) atoms. The third-order valence-corrected chi connectivity index (χ3v) is 5.00. The Morgan fingerprint density at radius 2 is 1.90 bits per heavy atom. The van der Waals surface area contributed by atoms with E-state index in [1.54, 1.807) is 18.2 Å². The number of piperidine rings is 1. The number of ether oxygens (including phenoxy) is 1. The van der Waals surface area contributed by atoms with Crippen molar-refractivity contribution in [1.29, 1.82) is 0 Å². The Balaban J connectivity index is 1.55. The van der Waals surface area contributed by atoms with Crippen LogP contribution in [0, 0.1) is 5.41 Å². The molecule has 2 fully saturated rings. The van der Waals surface area contributed by atoms with Crippen molar-refractivity contribution < 1.29 is 14.6 Å². The summed E-state index contributed by atoms with van der Waals surface area (Å²) >= 11 is 0. The number of nitrogens with zero attached hydrogens (tertiary/aromatic N) is 1. The van der Waals surface area contributed by atoms with Crippen molar-refractivity contribution in [3.8, 4) is 5.75 Å². The zero-order valence-corrected chi connectivity index (χ0v) is 12.4. The molecule has 0 bridgehead atoms. The highest BCUT2D eigenvalue weighted by atomic mass is 16.5. The average Bonchev–Trinajstić information content (AvgIpc) is 2.49. The van der Waals surface area contributed by atoms with E-state index in [2.05, 4.69) is 0 Å². The number of aromatic hydroxyl groups is 1. The van der Waals surface area contributed by atoms with Gasteiger partial charge in [-0.15, -0.1) is 0 Å². The minimum Gasteiger partial charge on any atom is -0.508 e. The van der Waals surface area contributed by atoms with Gasteiger partial charge in [0.15, 0.2) is 0 Å². The van der Waals surface area contributed by atoms with Gasteiger partial charge in [-0.05, 0) is 48.8 Å². The van der Waals surface area contributed by atoms with E-state index in [1.807, 2.05) is 11.0 Å². The van der Waals surface area contributed by atoms with Crippen LogP contribution in [-0.2, 0) is 16.0 Å². The van der Waals surface area contributed by atoms with E-state index in [9.17, 15) is 9.90 Å². The standard InChI is InChI=1S/C17H23NO3/c19-15-3-1-2-14(12-15)13-16(20)18-8-4-17(5-9-18)6-10-21-11-7-17/h1-3,12,19H,4-11,13H2. The number of carbonyl (C=O) groups excluding carboxylic acids is 1. The van der Waals surface area contributed by atoms with Gasteiger partial charge in [0, 0.05) is 26.3 Å². The second kappa shape index (κ2) is 6.06. The van der Waals surface area contributed by atoms with Gasteiger partial charge in [-0.1, -0.05) is 12.1 Å². The molecule has 0 radical (unpaired) electrons. The predicted molar refractivity (Wildman–Crippen MR) is 80.1 cm³/mol. The predicted octanol–water partition coefficient (Wildman–Crippen LogP) is 2.35. The molecular formula is C17H23NO3. The Morgan fingerprint density at radius 1 is 1.19 bits per heavy atom. The first kappa shape index (κ1) is 14.4. The summed E-state index contributed by atoms with van der Waals surface area (Å²) in [5.74, 6) is 0.391. The third kappa shape index (κ3) is 3.38. The molecule has 2 heterocycles. The lowest BCUT2D eigenvalue weighted by atomic mass is 9.72. The smallest absolute Gasteiger partial charge is 0.226 e. The maximum atomic E-state index is 12.4. The third-order valence-electron chi connectivity index (χ3n) is 5.00. The fourth-order valence-electron chi connectivity index (χ4n) is 3.49. The highest BCUT2D eigenvalue weighted by Gasteiger charge is 2.36. The van der Waals surface area contributed by atoms with Crippen LogP contribution in [-0.4, -0.2) is 42.2 Å². The number of hydrogen-bond donors (Lipinski definition) is 1. The number of likely N-dealkylation sites (tertiary alicyclic amines) is 1. The summed E-state index contributed by atoms with van der Waals surface area (Å²) in [6.45, 7) is 3.46. The molecule has 4 heteroatoms. The molecule has 0 atom stereocenters. The van der Waals surface area contributed by atoms with Gasteiger partial charge in [0.05, 0.1) is 6.42 Å². The van der Waals surface area contributed by atoms with Crippen LogP contribution in [0.4, 0.5) is 0 Å². The van der Waals surface area contributed by atoms with Gasteiger partial charge >= 0.3 is 0 Å². The SMILES string of the molecule is O=C(Cc1cccc(O)c1)N1CCC2(CCOCC2)CC1. The van der Waals surface area contributed by atoms with Crippen LogP contribution in [0.15, 0.2) is 24.3 Å². The van der Waals surface area contributed by atoms with Crippen molar-refractivity contribution in [2.45, 2.75) is 32.1 Å². The number of benzene rings is 1. The minimum absolute atomic E-state index is 0.169. The summed E-state index contributed by atoms with van der Waals surface area (Å²) in [6.07, 6.45) is 4.86. The molecule has 114 valence electrons. The average molecular weight is 289 g/mol. The number of amides is 1. The van der Waals surface area contributed by atoms with Gasteiger partial charge < -0.3 is 14.7 Å². The monoisotopic (exact) mass is 289 g/mol. The Morgan fingerprint density at radius 3 is 2.57 bits per heavy atom. The lowest BCUT2D eigenvalue weighted by Gasteiger charge is -2.44. The van der Waals surface area contributed by atoms with Gasteiger partial charge in [0.2, 0.25) is 5.91 Å². The molecule has 2 aliphatic rings. The van der Waals surface area contributed by atoms with Gasteiger partial charge in [-0.25, -0.2) is 0 Å². The van der Waals surface area contributed by atoms with Gasteiger partial charge in [0.1, 0.15) is 5.75 Å². The molecule has 0 unspecified atom stereocenters. The molecule has 4 nitrogen and oxygen atoms in total. The van der Waals surface area contributed by atoms with E-state index in [0.717, 1.165) is 57.6 Å². The molecular weight excluding hydrogens is 266 g/mol. The van der Waals surface area contributed by atoms with Crippen LogP contribution in [0.5, 0.6) is 5.75 Å². The molecule has 1 aromatic rings. The molecule has 0 aromatic heterocycles. The maximum Gasteiger partial charge on any atom is 0.226 e. The molecule has 2 saturated heterocycles. The maximum absolute atomic E-state index is 12.4. The Labute approximate surface area is 125 Å². The van der Waals surface area contributed by atoms with E-state index in [0.29, 0.717) is 11.8 Å². The summed E-state index contributed by atoms with van der Waals surface area (Å²) in [6, 6.07) is 6.97. The second-order valence-electron chi connectivity index (χ2n) is 6.34. The quantitative estimate of drug-likeness (QED) is 0.909. The largest absolute Gasteiger partial charge is 0.508 e. The lowest BCUT2D eigenvalue weighted by molar-refractivity contribution is -0.133.